The second-order valence-corrected chi connectivity index (χ2v) is 5.96. The number of para-hydroxylation sites is 1. The molecule has 1 fully saturated rings. The minimum Gasteiger partial charge on any atom is -0.494 e. The van der Waals surface area contributed by atoms with Crippen molar-refractivity contribution in [3.8, 4) is 5.75 Å². The number of amides is 1. The first-order valence-electron chi connectivity index (χ1n) is 7.15. The van der Waals surface area contributed by atoms with Gasteiger partial charge in [0.25, 0.3) is 0 Å². The van der Waals surface area contributed by atoms with Gasteiger partial charge in [0.2, 0.25) is 5.91 Å². The lowest BCUT2D eigenvalue weighted by Gasteiger charge is -2.49. The van der Waals surface area contributed by atoms with Crippen molar-refractivity contribution in [2.45, 2.75) is 45.3 Å². The lowest BCUT2D eigenvalue weighted by molar-refractivity contribution is -0.129. The Morgan fingerprint density at radius 3 is 2.70 bits per heavy atom. The molecular weight excluding hydrogens is 254 g/mol. The van der Waals surface area contributed by atoms with Gasteiger partial charge in [0.15, 0.2) is 0 Å². The van der Waals surface area contributed by atoms with Crippen LogP contribution >= 0.6 is 0 Å². The van der Waals surface area contributed by atoms with Crippen LogP contribution in [0.1, 0.15) is 33.1 Å². The number of carbonyl (C=O) groups excluding carboxylic acids is 1. The monoisotopic (exact) mass is 277 g/mol. The molecule has 1 amide bonds. The molecule has 0 bridgehead atoms. The molecule has 0 aliphatic heterocycles. The lowest BCUT2D eigenvalue weighted by atomic mass is 9.64. The van der Waals surface area contributed by atoms with Crippen molar-refractivity contribution in [2.75, 3.05) is 6.61 Å². The number of hydrogen-bond donors (Lipinski definition) is 2. The Bertz CT molecular complexity index is 444. The highest BCUT2D eigenvalue weighted by Crippen LogP contribution is 2.40. The number of hydrogen-bond acceptors (Lipinski definition) is 3. The second-order valence-electron chi connectivity index (χ2n) is 5.96. The van der Waals surface area contributed by atoms with Gasteiger partial charge in [-0.3, -0.25) is 4.79 Å². The van der Waals surface area contributed by atoms with E-state index in [1.807, 2.05) is 44.2 Å². The molecule has 0 heterocycles. The maximum Gasteiger partial charge on any atom is 0.220 e. The molecule has 0 saturated heterocycles. The van der Waals surface area contributed by atoms with Crippen LogP contribution in [-0.2, 0) is 4.79 Å². The molecule has 20 heavy (non-hydrogen) atoms. The highest BCUT2D eigenvalue weighted by atomic mass is 16.5. The normalized spacial score (nSPS) is 23.8. The predicted octanol–water partition coefficient (Wildman–Crippen LogP) is 2.12. The van der Waals surface area contributed by atoms with Crippen LogP contribution in [0.25, 0.3) is 0 Å². The zero-order chi connectivity index (χ0) is 14.6. The number of rotatable bonds is 6. The van der Waals surface area contributed by atoms with Crippen molar-refractivity contribution in [1.29, 1.82) is 0 Å². The molecule has 110 valence electrons. The SMILES string of the molecule is CC1(C)C(O)CC1NC(=O)CCCOc1ccccc1. The van der Waals surface area contributed by atoms with E-state index in [4.69, 9.17) is 4.74 Å². The third-order valence-corrected chi connectivity index (χ3v) is 4.11. The average Bonchev–Trinajstić information content (AvgIpc) is 2.44. The van der Waals surface area contributed by atoms with Gasteiger partial charge in [0, 0.05) is 17.9 Å². The van der Waals surface area contributed by atoms with Gasteiger partial charge >= 0.3 is 0 Å². The molecule has 1 saturated carbocycles. The first kappa shape index (κ1) is 14.9. The number of aliphatic hydroxyl groups is 1. The zero-order valence-electron chi connectivity index (χ0n) is 12.1. The summed E-state index contributed by atoms with van der Waals surface area (Å²) < 4.78 is 5.54. The number of carbonyl (C=O) groups is 1. The third kappa shape index (κ3) is 3.51. The van der Waals surface area contributed by atoms with Gasteiger partial charge in [-0.05, 0) is 25.0 Å². The summed E-state index contributed by atoms with van der Waals surface area (Å²) in [7, 11) is 0. The molecule has 1 aromatic carbocycles. The largest absolute Gasteiger partial charge is 0.494 e. The Morgan fingerprint density at radius 1 is 1.40 bits per heavy atom. The van der Waals surface area contributed by atoms with Crippen molar-refractivity contribution in [2.24, 2.45) is 5.41 Å². The van der Waals surface area contributed by atoms with Gasteiger partial charge in [-0.25, -0.2) is 0 Å². The number of benzene rings is 1. The first-order chi connectivity index (χ1) is 9.50. The molecule has 4 heteroatoms. The highest BCUT2D eigenvalue weighted by Gasteiger charge is 2.47. The van der Waals surface area contributed by atoms with E-state index in [1.54, 1.807) is 0 Å². The van der Waals surface area contributed by atoms with Crippen LogP contribution in [0.2, 0.25) is 0 Å². The molecule has 1 aliphatic carbocycles. The van der Waals surface area contributed by atoms with E-state index in [0.717, 1.165) is 5.75 Å². The van der Waals surface area contributed by atoms with Gasteiger partial charge in [0.05, 0.1) is 12.7 Å². The van der Waals surface area contributed by atoms with Crippen LogP contribution in [0.4, 0.5) is 0 Å². The summed E-state index contributed by atoms with van der Waals surface area (Å²) in [5.41, 5.74) is -0.212. The molecular formula is C16H23NO3. The fraction of sp³-hybridized carbons (Fsp3) is 0.562. The standard InChI is InChI=1S/C16H23NO3/c1-16(2)13(11-14(16)18)17-15(19)9-6-10-20-12-7-4-3-5-8-12/h3-5,7-8,13-14,18H,6,9-11H2,1-2H3,(H,17,19). The summed E-state index contributed by atoms with van der Waals surface area (Å²) in [5, 5.41) is 12.6. The Morgan fingerprint density at radius 2 is 2.10 bits per heavy atom. The minimum atomic E-state index is -0.311. The molecule has 2 N–H and O–H groups in total. The fourth-order valence-electron chi connectivity index (χ4n) is 2.35. The zero-order valence-corrected chi connectivity index (χ0v) is 12.1. The molecule has 2 rings (SSSR count). The summed E-state index contributed by atoms with van der Waals surface area (Å²) in [5.74, 6) is 0.864. The lowest BCUT2D eigenvalue weighted by Crippen LogP contribution is -2.61. The predicted molar refractivity (Wildman–Crippen MR) is 77.5 cm³/mol. The van der Waals surface area contributed by atoms with E-state index in [9.17, 15) is 9.90 Å². The van der Waals surface area contributed by atoms with Crippen molar-refractivity contribution < 1.29 is 14.6 Å². The van der Waals surface area contributed by atoms with Crippen molar-refractivity contribution in [3.63, 3.8) is 0 Å². The van der Waals surface area contributed by atoms with Crippen LogP contribution in [-0.4, -0.2) is 29.8 Å². The molecule has 0 spiro atoms. The van der Waals surface area contributed by atoms with Gasteiger partial charge in [-0.15, -0.1) is 0 Å². The summed E-state index contributed by atoms with van der Waals surface area (Å²) in [6.45, 7) is 4.49. The minimum absolute atomic E-state index is 0.0339. The van der Waals surface area contributed by atoms with E-state index in [0.29, 0.717) is 25.9 Å². The molecule has 4 nitrogen and oxygen atoms in total. The van der Waals surface area contributed by atoms with Gasteiger partial charge in [-0.1, -0.05) is 32.0 Å². The number of aliphatic hydroxyl groups excluding tert-OH is 1. The summed E-state index contributed by atoms with van der Waals surface area (Å²) in [6.07, 6.45) is 1.49. The third-order valence-electron chi connectivity index (χ3n) is 4.11. The molecule has 0 radical (unpaired) electrons. The van der Waals surface area contributed by atoms with Crippen LogP contribution in [0.15, 0.2) is 30.3 Å². The Kier molecular flexibility index (Phi) is 4.65. The van der Waals surface area contributed by atoms with Crippen LogP contribution in [0, 0.1) is 5.41 Å². The molecule has 2 unspecified atom stereocenters. The van der Waals surface area contributed by atoms with E-state index >= 15 is 0 Å². The van der Waals surface area contributed by atoms with E-state index in [-0.39, 0.29) is 23.5 Å². The maximum atomic E-state index is 11.8. The molecule has 2 atom stereocenters. The Labute approximate surface area is 120 Å². The quantitative estimate of drug-likeness (QED) is 0.783. The van der Waals surface area contributed by atoms with Gasteiger partial charge < -0.3 is 15.2 Å². The second kappa shape index (κ2) is 6.27. The van der Waals surface area contributed by atoms with E-state index in [1.165, 1.54) is 0 Å². The maximum absolute atomic E-state index is 11.8. The van der Waals surface area contributed by atoms with Crippen LogP contribution in [0.5, 0.6) is 5.75 Å². The average molecular weight is 277 g/mol. The van der Waals surface area contributed by atoms with Crippen molar-refractivity contribution in [3.05, 3.63) is 30.3 Å². The van der Waals surface area contributed by atoms with Gasteiger partial charge in [-0.2, -0.15) is 0 Å². The van der Waals surface area contributed by atoms with Crippen molar-refractivity contribution >= 4 is 5.91 Å². The summed E-state index contributed by atoms with van der Waals surface area (Å²) in [4.78, 5) is 11.8. The van der Waals surface area contributed by atoms with Crippen LogP contribution in [0.3, 0.4) is 0 Å². The molecule has 1 aromatic rings. The number of nitrogens with one attached hydrogen (secondary N) is 1. The molecule has 1 aliphatic rings. The smallest absolute Gasteiger partial charge is 0.220 e. The van der Waals surface area contributed by atoms with Gasteiger partial charge in [0.1, 0.15) is 5.75 Å². The topological polar surface area (TPSA) is 58.6 Å². The highest BCUT2D eigenvalue weighted by molar-refractivity contribution is 5.76. The summed E-state index contributed by atoms with van der Waals surface area (Å²) in [6, 6.07) is 9.67. The van der Waals surface area contributed by atoms with E-state index in [2.05, 4.69) is 5.32 Å². The van der Waals surface area contributed by atoms with Crippen LogP contribution < -0.4 is 10.1 Å². The fourth-order valence-corrected chi connectivity index (χ4v) is 2.35. The molecule has 0 aromatic heterocycles. The van der Waals surface area contributed by atoms with Crippen molar-refractivity contribution in [1.82, 2.24) is 5.32 Å². The van der Waals surface area contributed by atoms with E-state index < -0.39 is 0 Å². The number of ether oxygens (including phenoxy) is 1. The summed E-state index contributed by atoms with van der Waals surface area (Å²) >= 11 is 0. The first-order valence-corrected chi connectivity index (χ1v) is 7.15. The Balaban J connectivity index is 1.62. The Hall–Kier alpha value is -1.55.